The minimum atomic E-state index is -0.753. The highest BCUT2D eigenvalue weighted by atomic mass is 35.5. The number of nitrogens with zero attached hydrogens (tertiary/aromatic N) is 1. The average molecular weight is 318 g/mol. The van der Waals surface area contributed by atoms with Gasteiger partial charge in [0.1, 0.15) is 0 Å². The van der Waals surface area contributed by atoms with E-state index in [1.54, 1.807) is 24.4 Å². The molecule has 2 aromatic carbocycles. The molecule has 0 saturated carbocycles. The Morgan fingerprint density at radius 2 is 1.67 bits per heavy atom. The summed E-state index contributed by atoms with van der Waals surface area (Å²) in [6, 6.07) is 15.0. The van der Waals surface area contributed by atoms with E-state index in [9.17, 15) is 5.11 Å². The van der Waals surface area contributed by atoms with Crippen LogP contribution in [0.15, 0.2) is 54.7 Å². The summed E-state index contributed by atoms with van der Waals surface area (Å²) in [5.41, 5.74) is 2.50. The molecule has 1 aromatic heterocycles. The molecule has 1 unspecified atom stereocenters. The molecule has 106 valence electrons. The van der Waals surface area contributed by atoms with Crippen molar-refractivity contribution in [2.75, 3.05) is 0 Å². The Labute approximate surface area is 133 Å². The molecule has 0 saturated heterocycles. The van der Waals surface area contributed by atoms with Crippen molar-refractivity contribution in [1.29, 1.82) is 0 Å². The molecule has 0 amide bonds. The standard InChI is InChI=1S/C17H13Cl2NO/c18-13-5-3-6-14(19)17(13)16(21)10-11-8-9-20-15-7-2-1-4-12(11)15/h1-9,16,21H,10H2. The molecule has 2 nitrogen and oxygen atoms in total. The SMILES string of the molecule is OC(Cc1ccnc2ccccc12)c1c(Cl)cccc1Cl. The molecule has 3 rings (SSSR count). The van der Waals surface area contributed by atoms with E-state index < -0.39 is 6.10 Å². The summed E-state index contributed by atoms with van der Waals surface area (Å²) in [5.74, 6) is 0. The van der Waals surface area contributed by atoms with Crippen molar-refractivity contribution in [3.63, 3.8) is 0 Å². The second-order valence-electron chi connectivity index (χ2n) is 4.84. The van der Waals surface area contributed by atoms with Crippen molar-refractivity contribution >= 4 is 34.1 Å². The Morgan fingerprint density at radius 3 is 2.43 bits per heavy atom. The van der Waals surface area contributed by atoms with Gasteiger partial charge in [-0.15, -0.1) is 0 Å². The first-order valence-corrected chi connectivity index (χ1v) is 7.37. The Bertz CT molecular complexity index is 763. The zero-order valence-electron chi connectivity index (χ0n) is 11.1. The number of hydrogen-bond acceptors (Lipinski definition) is 2. The van der Waals surface area contributed by atoms with E-state index in [1.807, 2.05) is 30.3 Å². The molecule has 1 N–H and O–H groups in total. The molecular weight excluding hydrogens is 305 g/mol. The lowest BCUT2D eigenvalue weighted by Crippen LogP contribution is -2.04. The number of hydrogen-bond donors (Lipinski definition) is 1. The maximum absolute atomic E-state index is 10.5. The van der Waals surface area contributed by atoms with Crippen LogP contribution in [0.2, 0.25) is 10.0 Å². The molecule has 1 heterocycles. The summed E-state index contributed by atoms with van der Waals surface area (Å²) >= 11 is 12.3. The normalized spacial score (nSPS) is 12.5. The highest BCUT2D eigenvalue weighted by Gasteiger charge is 2.17. The van der Waals surface area contributed by atoms with Gasteiger partial charge in [0.15, 0.2) is 0 Å². The van der Waals surface area contributed by atoms with Crippen molar-refractivity contribution in [1.82, 2.24) is 4.98 Å². The van der Waals surface area contributed by atoms with Gasteiger partial charge in [0.25, 0.3) is 0 Å². The van der Waals surface area contributed by atoms with Gasteiger partial charge in [0.05, 0.1) is 11.6 Å². The molecule has 0 aliphatic carbocycles. The lowest BCUT2D eigenvalue weighted by Gasteiger charge is -2.15. The molecule has 1 atom stereocenters. The van der Waals surface area contributed by atoms with Gasteiger partial charge < -0.3 is 5.11 Å². The maximum Gasteiger partial charge on any atom is 0.0859 e. The van der Waals surface area contributed by atoms with Crippen LogP contribution in [0.3, 0.4) is 0 Å². The van der Waals surface area contributed by atoms with E-state index in [0.29, 0.717) is 22.0 Å². The van der Waals surface area contributed by atoms with E-state index in [4.69, 9.17) is 23.2 Å². The van der Waals surface area contributed by atoms with E-state index in [1.165, 1.54) is 0 Å². The third-order valence-corrected chi connectivity index (χ3v) is 4.14. The lowest BCUT2D eigenvalue weighted by atomic mass is 9.99. The lowest BCUT2D eigenvalue weighted by molar-refractivity contribution is 0.179. The molecule has 0 fully saturated rings. The highest BCUT2D eigenvalue weighted by Crippen LogP contribution is 2.33. The first-order chi connectivity index (χ1) is 10.2. The number of aliphatic hydroxyl groups excluding tert-OH is 1. The molecule has 21 heavy (non-hydrogen) atoms. The van der Waals surface area contributed by atoms with Crippen LogP contribution in [0.5, 0.6) is 0 Å². The van der Waals surface area contributed by atoms with Gasteiger partial charge in [-0.1, -0.05) is 47.5 Å². The number of pyridine rings is 1. The summed E-state index contributed by atoms with van der Waals surface area (Å²) in [4.78, 5) is 4.32. The van der Waals surface area contributed by atoms with Crippen molar-refractivity contribution in [3.8, 4) is 0 Å². The van der Waals surface area contributed by atoms with Crippen LogP contribution in [-0.4, -0.2) is 10.1 Å². The van der Waals surface area contributed by atoms with Crippen molar-refractivity contribution in [2.24, 2.45) is 0 Å². The number of aromatic nitrogens is 1. The maximum atomic E-state index is 10.5. The quantitative estimate of drug-likeness (QED) is 0.751. The zero-order chi connectivity index (χ0) is 14.8. The smallest absolute Gasteiger partial charge is 0.0859 e. The van der Waals surface area contributed by atoms with Crippen LogP contribution in [0.4, 0.5) is 0 Å². The number of aliphatic hydroxyl groups is 1. The minimum Gasteiger partial charge on any atom is -0.388 e. The highest BCUT2D eigenvalue weighted by molar-refractivity contribution is 6.36. The summed E-state index contributed by atoms with van der Waals surface area (Å²) < 4.78 is 0. The van der Waals surface area contributed by atoms with Crippen LogP contribution in [0, 0.1) is 0 Å². The van der Waals surface area contributed by atoms with Crippen molar-refractivity contribution < 1.29 is 5.11 Å². The molecule has 0 bridgehead atoms. The van der Waals surface area contributed by atoms with E-state index in [0.717, 1.165) is 16.5 Å². The third kappa shape index (κ3) is 2.88. The van der Waals surface area contributed by atoms with Crippen LogP contribution < -0.4 is 0 Å². The van der Waals surface area contributed by atoms with Crippen molar-refractivity contribution in [3.05, 3.63) is 75.9 Å². The summed E-state index contributed by atoms with van der Waals surface area (Å²) in [5, 5.41) is 12.5. The fourth-order valence-corrected chi connectivity index (χ4v) is 3.12. The van der Waals surface area contributed by atoms with Crippen LogP contribution in [-0.2, 0) is 6.42 Å². The topological polar surface area (TPSA) is 33.1 Å². The summed E-state index contributed by atoms with van der Waals surface area (Å²) in [7, 11) is 0. The van der Waals surface area contributed by atoms with E-state index in [2.05, 4.69) is 4.98 Å². The average Bonchev–Trinajstić information content (AvgIpc) is 2.47. The van der Waals surface area contributed by atoms with E-state index >= 15 is 0 Å². The van der Waals surface area contributed by atoms with Crippen LogP contribution >= 0.6 is 23.2 Å². The van der Waals surface area contributed by atoms with Gasteiger partial charge in [0.2, 0.25) is 0 Å². The Kier molecular flexibility index (Phi) is 4.11. The summed E-state index contributed by atoms with van der Waals surface area (Å²) in [6.07, 6.45) is 1.43. The van der Waals surface area contributed by atoms with Crippen LogP contribution in [0.25, 0.3) is 10.9 Å². The fraction of sp³-hybridized carbons (Fsp3) is 0.118. The number of rotatable bonds is 3. The molecule has 4 heteroatoms. The van der Waals surface area contributed by atoms with Gasteiger partial charge in [0, 0.05) is 33.6 Å². The second-order valence-corrected chi connectivity index (χ2v) is 5.66. The largest absolute Gasteiger partial charge is 0.388 e. The first kappa shape index (κ1) is 14.3. The predicted molar refractivity (Wildman–Crippen MR) is 86.9 cm³/mol. The number of fused-ring (bicyclic) bond motifs is 1. The first-order valence-electron chi connectivity index (χ1n) is 6.61. The van der Waals surface area contributed by atoms with Gasteiger partial charge >= 0.3 is 0 Å². The number of para-hydroxylation sites is 1. The van der Waals surface area contributed by atoms with Gasteiger partial charge in [-0.2, -0.15) is 0 Å². The molecule has 0 radical (unpaired) electrons. The van der Waals surface area contributed by atoms with Crippen LogP contribution in [0.1, 0.15) is 17.2 Å². The zero-order valence-corrected chi connectivity index (χ0v) is 12.6. The fourth-order valence-electron chi connectivity index (χ4n) is 2.47. The molecule has 0 spiro atoms. The molecule has 3 aromatic rings. The Hall–Kier alpha value is -1.61. The van der Waals surface area contributed by atoms with Gasteiger partial charge in [-0.25, -0.2) is 0 Å². The molecular formula is C17H13Cl2NO. The molecule has 0 aliphatic heterocycles. The number of benzene rings is 2. The van der Waals surface area contributed by atoms with Crippen molar-refractivity contribution in [2.45, 2.75) is 12.5 Å². The predicted octanol–water partition coefficient (Wildman–Crippen LogP) is 4.82. The van der Waals surface area contributed by atoms with E-state index in [-0.39, 0.29) is 0 Å². The Morgan fingerprint density at radius 1 is 0.952 bits per heavy atom. The summed E-state index contributed by atoms with van der Waals surface area (Å²) in [6.45, 7) is 0. The Balaban J connectivity index is 1.99. The second kappa shape index (κ2) is 6.02. The van der Waals surface area contributed by atoms with Gasteiger partial charge in [-0.05, 0) is 29.8 Å². The van der Waals surface area contributed by atoms with Gasteiger partial charge in [-0.3, -0.25) is 4.98 Å². The minimum absolute atomic E-state index is 0.437. The third-order valence-electron chi connectivity index (χ3n) is 3.49. The number of halogens is 2. The monoisotopic (exact) mass is 317 g/mol. The molecule has 0 aliphatic rings.